The first-order valence-electron chi connectivity index (χ1n) is 7.41. The normalized spacial score (nSPS) is 10.3. The highest BCUT2D eigenvalue weighted by Gasteiger charge is 2.15. The Morgan fingerprint density at radius 1 is 0.958 bits per heavy atom. The summed E-state index contributed by atoms with van der Waals surface area (Å²) in [6.45, 7) is 0.456. The number of H-pyrrole nitrogens is 1. The van der Waals surface area contributed by atoms with Crippen LogP contribution in [0.5, 0.6) is 5.75 Å². The summed E-state index contributed by atoms with van der Waals surface area (Å²) in [5.74, 6) is 0.0936. The Balaban J connectivity index is 1.57. The number of rotatable bonds is 7. The van der Waals surface area contributed by atoms with Gasteiger partial charge < -0.3 is 4.74 Å². The molecule has 2 aromatic carbocycles. The zero-order valence-corrected chi connectivity index (χ0v) is 12.8. The summed E-state index contributed by atoms with van der Waals surface area (Å²) in [6, 6.07) is 16.5. The molecule has 0 atom stereocenters. The fraction of sp³-hybridized carbons (Fsp3) is 0.111. The van der Waals surface area contributed by atoms with Gasteiger partial charge in [-0.2, -0.15) is 5.10 Å². The van der Waals surface area contributed by atoms with Crippen LogP contribution in [0, 0.1) is 0 Å². The van der Waals surface area contributed by atoms with E-state index in [4.69, 9.17) is 4.74 Å². The van der Waals surface area contributed by atoms with Crippen molar-refractivity contribution >= 4 is 11.6 Å². The molecule has 0 saturated carbocycles. The summed E-state index contributed by atoms with van der Waals surface area (Å²) in [5.41, 5.74) is 1.52. The molecule has 3 aromatic rings. The van der Waals surface area contributed by atoms with Gasteiger partial charge in [0.15, 0.2) is 11.6 Å². The molecule has 120 valence electrons. The molecule has 1 heterocycles. The lowest BCUT2D eigenvalue weighted by Gasteiger charge is -2.07. The second kappa shape index (κ2) is 7.32. The van der Waals surface area contributed by atoms with Gasteiger partial charge in [-0.3, -0.25) is 14.7 Å². The van der Waals surface area contributed by atoms with Gasteiger partial charge in [0.2, 0.25) is 5.78 Å². The Morgan fingerprint density at radius 3 is 2.38 bits per heavy atom. The molecule has 1 N–H and O–H groups in total. The van der Waals surface area contributed by atoms with Crippen molar-refractivity contribution in [3.05, 3.63) is 77.9 Å². The Labute approximate surface area is 138 Å². The van der Waals surface area contributed by atoms with Crippen molar-refractivity contribution in [3.63, 3.8) is 0 Å². The zero-order chi connectivity index (χ0) is 16.8. The van der Waals surface area contributed by atoms with E-state index >= 15 is 0 Å². The molecule has 0 amide bonds. The Morgan fingerprint density at radius 2 is 1.71 bits per heavy atom. The van der Waals surface area contributed by atoms with Crippen LogP contribution in [0.1, 0.15) is 33.0 Å². The highest BCUT2D eigenvalue weighted by molar-refractivity contribution is 6.12. The highest BCUT2D eigenvalue weighted by Crippen LogP contribution is 2.15. The molecule has 0 aliphatic rings. The van der Waals surface area contributed by atoms with Gasteiger partial charge in [-0.25, -0.2) is 4.98 Å². The van der Waals surface area contributed by atoms with Gasteiger partial charge >= 0.3 is 0 Å². The standard InChI is InChI=1S/C18H15N3O3/c22-16(10-17(23)18-19-12-20-21-18)14-6-8-15(9-7-14)24-11-13-4-2-1-3-5-13/h1-9,12H,10-11H2,(H,19,20,21). The van der Waals surface area contributed by atoms with Crippen LogP contribution in [-0.2, 0) is 6.61 Å². The summed E-state index contributed by atoms with van der Waals surface area (Å²) >= 11 is 0. The number of benzene rings is 2. The third-order valence-electron chi connectivity index (χ3n) is 3.42. The number of hydrogen-bond acceptors (Lipinski definition) is 5. The van der Waals surface area contributed by atoms with Crippen LogP contribution in [0.15, 0.2) is 60.9 Å². The fourth-order valence-electron chi connectivity index (χ4n) is 2.15. The summed E-state index contributed by atoms with van der Waals surface area (Å²) < 4.78 is 5.67. The Bertz CT molecular complexity index is 812. The lowest BCUT2D eigenvalue weighted by atomic mass is 10.1. The van der Waals surface area contributed by atoms with E-state index < -0.39 is 0 Å². The summed E-state index contributed by atoms with van der Waals surface area (Å²) in [7, 11) is 0. The topological polar surface area (TPSA) is 84.9 Å². The third-order valence-corrected chi connectivity index (χ3v) is 3.42. The molecular formula is C18H15N3O3. The van der Waals surface area contributed by atoms with Crippen LogP contribution in [-0.4, -0.2) is 26.7 Å². The maximum atomic E-state index is 12.1. The molecule has 0 bridgehead atoms. The van der Waals surface area contributed by atoms with E-state index in [0.29, 0.717) is 17.9 Å². The van der Waals surface area contributed by atoms with Gasteiger partial charge in [-0.1, -0.05) is 30.3 Å². The van der Waals surface area contributed by atoms with Crippen molar-refractivity contribution in [2.75, 3.05) is 0 Å². The summed E-state index contributed by atoms with van der Waals surface area (Å²) in [5, 5.41) is 6.05. The Kier molecular flexibility index (Phi) is 4.76. The number of Topliss-reactive ketones (excluding diaryl/α,β-unsaturated/α-hetero) is 2. The molecule has 0 aliphatic carbocycles. The number of carbonyl (C=O) groups excluding carboxylic acids is 2. The molecular weight excluding hydrogens is 306 g/mol. The average molecular weight is 321 g/mol. The summed E-state index contributed by atoms with van der Waals surface area (Å²) in [4.78, 5) is 27.7. The zero-order valence-electron chi connectivity index (χ0n) is 12.8. The number of ether oxygens (including phenoxy) is 1. The Hall–Kier alpha value is -3.28. The van der Waals surface area contributed by atoms with Crippen molar-refractivity contribution in [2.45, 2.75) is 13.0 Å². The molecule has 24 heavy (non-hydrogen) atoms. The van der Waals surface area contributed by atoms with E-state index in [2.05, 4.69) is 15.2 Å². The maximum Gasteiger partial charge on any atom is 0.207 e. The molecule has 0 spiro atoms. The van der Waals surface area contributed by atoms with E-state index in [1.54, 1.807) is 24.3 Å². The van der Waals surface area contributed by atoms with Gasteiger partial charge in [0.05, 0.1) is 6.42 Å². The predicted octanol–water partition coefficient (Wildman–Crippen LogP) is 2.84. The van der Waals surface area contributed by atoms with Gasteiger partial charge in [0.1, 0.15) is 18.7 Å². The first kappa shape index (κ1) is 15.6. The second-order valence-electron chi connectivity index (χ2n) is 5.16. The van der Waals surface area contributed by atoms with Gasteiger partial charge in [-0.15, -0.1) is 0 Å². The number of aromatic nitrogens is 3. The minimum atomic E-state index is -0.387. The van der Waals surface area contributed by atoms with Crippen LogP contribution in [0.25, 0.3) is 0 Å². The van der Waals surface area contributed by atoms with Crippen LogP contribution in [0.3, 0.4) is 0 Å². The van der Waals surface area contributed by atoms with Crippen molar-refractivity contribution in [1.82, 2.24) is 15.2 Å². The number of nitrogens with zero attached hydrogens (tertiary/aromatic N) is 2. The van der Waals surface area contributed by atoms with Crippen LogP contribution >= 0.6 is 0 Å². The van der Waals surface area contributed by atoms with E-state index in [-0.39, 0.29) is 23.8 Å². The quantitative estimate of drug-likeness (QED) is 0.534. The minimum absolute atomic E-state index is 0.0890. The number of hydrogen-bond donors (Lipinski definition) is 1. The smallest absolute Gasteiger partial charge is 0.207 e. The number of carbonyl (C=O) groups is 2. The molecule has 0 fully saturated rings. The molecule has 0 unspecified atom stereocenters. The minimum Gasteiger partial charge on any atom is -0.489 e. The molecule has 6 nitrogen and oxygen atoms in total. The molecule has 0 radical (unpaired) electrons. The fourth-order valence-corrected chi connectivity index (χ4v) is 2.15. The second-order valence-corrected chi connectivity index (χ2v) is 5.16. The van der Waals surface area contributed by atoms with E-state index in [0.717, 1.165) is 5.56 Å². The van der Waals surface area contributed by atoms with Crippen LogP contribution in [0.2, 0.25) is 0 Å². The van der Waals surface area contributed by atoms with Crippen LogP contribution in [0.4, 0.5) is 0 Å². The first-order chi connectivity index (χ1) is 11.7. The molecule has 0 saturated heterocycles. The average Bonchev–Trinajstić information content (AvgIpc) is 3.16. The number of ketones is 2. The molecule has 6 heteroatoms. The summed E-state index contributed by atoms with van der Waals surface area (Å²) in [6.07, 6.45) is 0.982. The van der Waals surface area contributed by atoms with Crippen molar-refractivity contribution in [3.8, 4) is 5.75 Å². The maximum absolute atomic E-state index is 12.1. The lowest BCUT2D eigenvalue weighted by molar-refractivity contribution is 0.0888. The lowest BCUT2D eigenvalue weighted by Crippen LogP contribution is -2.10. The highest BCUT2D eigenvalue weighted by atomic mass is 16.5. The monoisotopic (exact) mass is 321 g/mol. The largest absolute Gasteiger partial charge is 0.489 e. The SMILES string of the molecule is O=C(CC(=O)c1ncn[nH]1)c1ccc(OCc2ccccc2)cc1. The number of aromatic amines is 1. The molecule has 0 aliphatic heterocycles. The van der Waals surface area contributed by atoms with Crippen molar-refractivity contribution in [1.29, 1.82) is 0 Å². The van der Waals surface area contributed by atoms with Gasteiger partial charge in [0.25, 0.3) is 0 Å². The van der Waals surface area contributed by atoms with Gasteiger partial charge in [-0.05, 0) is 29.8 Å². The van der Waals surface area contributed by atoms with E-state index in [1.807, 2.05) is 30.3 Å². The van der Waals surface area contributed by atoms with Crippen LogP contribution < -0.4 is 4.74 Å². The van der Waals surface area contributed by atoms with Crippen molar-refractivity contribution in [2.24, 2.45) is 0 Å². The number of nitrogens with one attached hydrogen (secondary N) is 1. The predicted molar refractivity (Wildman–Crippen MR) is 86.9 cm³/mol. The van der Waals surface area contributed by atoms with Gasteiger partial charge in [0, 0.05) is 5.56 Å². The van der Waals surface area contributed by atoms with E-state index in [9.17, 15) is 9.59 Å². The van der Waals surface area contributed by atoms with E-state index in [1.165, 1.54) is 6.33 Å². The molecule has 3 rings (SSSR count). The molecule has 1 aromatic heterocycles. The van der Waals surface area contributed by atoms with Crippen molar-refractivity contribution < 1.29 is 14.3 Å². The first-order valence-corrected chi connectivity index (χ1v) is 7.41. The third kappa shape index (κ3) is 3.92.